The van der Waals surface area contributed by atoms with Crippen molar-refractivity contribution in [2.75, 3.05) is 0 Å². The lowest BCUT2D eigenvalue weighted by Gasteiger charge is -2.15. The lowest BCUT2D eigenvalue weighted by atomic mass is 10.1. The van der Waals surface area contributed by atoms with Crippen LogP contribution >= 0.6 is 0 Å². The van der Waals surface area contributed by atoms with Crippen molar-refractivity contribution >= 4 is 0 Å². The number of rotatable bonds is 11. The topological polar surface area (TPSA) is 44.3 Å². The van der Waals surface area contributed by atoms with E-state index in [4.69, 9.17) is 0 Å². The maximum atomic E-state index is 10.0. The van der Waals surface area contributed by atoms with E-state index in [1.54, 1.807) is 24.5 Å². The van der Waals surface area contributed by atoms with Gasteiger partial charge < -0.3 is 27.2 Å². The minimum absolute atomic E-state index is 0. The molecule has 0 fully saturated rings. The minimum Gasteiger partial charge on any atom is -1.00 e. The van der Waals surface area contributed by atoms with Crippen LogP contribution in [0.15, 0.2) is 30.6 Å². The zero-order valence-corrected chi connectivity index (χ0v) is 14.8. The number of hydrogen-bond donors (Lipinski definition) is 2. The minimum atomic E-state index is -1.75. The van der Waals surface area contributed by atoms with Gasteiger partial charge in [-0.15, -0.1) is 4.57 Å². The second-order valence-corrected chi connectivity index (χ2v) is 5.64. The van der Waals surface area contributed by atoms with Crippen LogP contribution < -0.4 is 21.5 Å². The maximum Gasteiger partial charge on any atom is 0.385 e. The van der Waals surface area contributed by atoms with Crippen LogP contribution in [0.1, 0.15) is 71.1 Å². The highest BCUT2D eigenvalue weighted by atomic mass is 79.9. The van der Waals surface area contributed by atoms with Gasteiger partial charge in [0.15, 0.2) is 12.4 Å². The highest BCUT2D eigenvalue weighted by molar-refractivity contribution is 4.84. The van der Waals surface area contributed by atoms with E-state index in [0.29, 0.717) is 6.42 Å². The van der Waals surface area contributed by atoms with Crippen molar-refractivity contribution in [2.24, 2.45) is 0 Å². The van der Waals surface area contributed by atoms with Gasteiger partial charge in [0.25, 0.3) is 0 Å². The SMILES string of the molecule is CCCCCCCCCCCC(O)(O)[n+]1ccccc1.[Br-]. The van der Waals surface area contributed by atoms with Gasteiger partial charge >= 0.3 is 5.91 Å². The van der Waals surface area contributed by atoms with Crippen LogP contribution in [0.5, 0.6) is 0 Å². The van der Waals surface area contributed by atoms with Crippen LogP contribution in [-0.4, -0.2) is 10.2 Å². The van der Waals surface area contributed by atoms with Crippen molar-refractivity contribution in [3.8, 4) is 0 Å². The van der Waals surface area contributed by atoms with E-state index in [1.807, 2.05) is 6.07 Å². The molecule has 0 saturated heterocycles. The standard InChI is InChI=1S/C17H30NO2.BrH/c1-2-3-4-5-6-7-8-9-11-14-17(19,20)18-15-12-10-13-16-18;/h10,12-13,15-16,19-20H,2-9,11,14H2,1H3;1H/q+1;/p-1. The van der Waals surface area contributed by atoms with Crippen molar-refractivity contribution in [2.45, 2.75) is 77.0 Å². The summed E-state index contributed by atoms with van der Waals surface area (Å²) in [5.41, 5.74) is 0. The molecule has 0 radical (unpaired) electrons. The first kappa shape index (κ1) is 20.6. The first-order valence-electron chi connectivity index (χ1n) is 8.08. The second kappa shape index (κ2) is 12.1. The Hall–Kier alpha value is -0.450. The summed E-state index contributed by atoms with van der Waals surface area (Å²) in [6, 6.07) is 5.47. The molecule has 1 heterocycles. The lowest BCUT2D eigenvalue weighted by Crippen LogP contribution is -3.00. The molecule has 0 bridgehead atoms. The molecule has 0 aromatic carbocycles. The van der Waals surface area contributed by atoms with Gasteiger partial charge in [-0.2, -0.15) is 0 Å². The summed E-state index contributed by atoms with van der Waals surface area (Å²) in [4.78, 5) is 0. The Morgan fingerprint density at radius 2 is 1.24 bits per heavy atom. The third kappa shape index (κ3) is 9.22. The van der Waals surface area contributed by atoms with Gasteiger partial charge in [-0.05, 0) is 6.42 Å². The fourth-order valence-electron chi connectivity index (χ4n) is 2.44. The molecular weight excluding hydrogens is 330 g/mol. The highest BCUT2D eigenvalue weighted by Crippen LogP contribution is 2.14. The van der Waals surface area contributed by atoms with E-state index in [-0.39, 0.29) is 17.0 Å². The third-order valence-electron chi connectivity index (χ3n) is 3.74. The summed E-state index contributed by atoms with van der Waals surface area (Å²) in [6.07, 6.45) is 14.8. The van der Waals surface area contributed by atoms with Gasteiger partial charge in [-0.3, -0.25) is 0 Å². The van der Waals surface area contributed by atoms with Crippen LogP contribution in [0.2, 0.25) is 0 Å². The van der Waals surface area contributed by atoms with E-state index in [2.05, 4.69) is 6.92 Å². The number of halogens is 1. The molecule has 4 heteroatoms. The van der Waals surface area contributed by atoms with Gasteiger partial charge in [0.2, 0.25) is 0 Å². The summed E-state index contributed by atoms with van der Waals surface area (Å²) in [7, 11) is 0. The molecule has 1 aromatic heterocycles. The van der Waals surface area contributed by atoms with Crippen LogP contribution in [0.25, 0.3) is 0 Å². The molecule has 0 unspecified atom stereocenters. The molecule has 0 atom stereocenters. The van der Waals surface area contributed by atoms with Gasteiger partial charge in [-0.1, -0.05) is 64.4 Å². The molecule has 1 rings (SSSR count). The van der Waals surface area contributed by atoms with Crippen LogP contribution in [-0.2, 0) is 5.91 Å². The Morgan fingerprint density at radius 3 is 1.76 bits per heavy atom. The van der Waals surface area contributed by atoms with Gasteiger partial charge in [0.1, 0.15) is 0 Å². The zero-order chi connectivity index (χ0) is 14.7. The Bertz CT molecular complexity index is 344. The summed E-state index contributed by atoms with van der Waals surface area (Å²) >= 11 is 0. The van der Waals surface area contributed by atoms with Gasteiger partial charge in [0, 0.05) is 12.1 Å². The molecule has 3 nitrogen and oxygen atoms in total. The predicted molar refractivity (Wildman–Crippen MR) is 80.9 cm³/mol. The number of aliphatic hydroxyl groups is 2. The van der Waals surface area contributed by atoms with E-state index in [9.17, 15) is 10.2 Å². The summed E-state index contributed by atoms with van der Waals surface area (Å²) < 4.78 is 1.46. The number of unbranched alkanes of at least 4 members (excludes halogenated alkanes) is 8. The predicted octanol–water partition coefficient (Wildman–Crippen LogP) is 0.494. The largest absolute Gasteiger partial charge is 1.00 e. The first-order valence-corrected chi connectivity index (χ1v) is 8.08. The molecule has 0 amide bonds. The molecule has 0 spiro atoms. The summed E-state index contributed by atoms with van der Waals surface area (Å²) in [6.45, 7) is 2.24. The van der Waals surface area contributed by atoms with Crippen LogP contribution in [0.4, 0.5) is 0 Å². The Morgan fingerprint density at radius 1 is 0.762 bits per heavy atom. The number of hydrogen-bond acceptors (Lipinski definition) is 2. The quantitative estimate of drug-likeness (QED) is 0.343. The van der Waals surface area contributed by atoms with Crippen molar-refractivity contribution in [1.29, 1.82) is 0 Å². The fourth-order valence-corrected chi connectivity index (χ4v) is 2.44. The molecule has 21 heavy (non-hydrogen) atoms. The molecule has 0 aliphatic heterocycles. The highest BCUT2D eigenvalue weighted by Gasteiger charge is 2.32. The van der Waals surface area contributed by atoms with E-state index < -0.39 is 5.91 Å². The van der Waals surface area contributed by atoms with E-state index in [1.165, 1.54) is 49.5 Å². The van der Waals surface area contributed by atoms with Gasteiger partial charge in [-0.25, -0.2) is 0 Å². The summed E-state index contributed by atoms with van der Waals surface area (Å²) in [5.74, 6) is -1.75. The smallest absolute Gasteiger partial charge is 0.385 e. The van der Waals surface area contributed by atoms with Crippen molar-refractivity contribution in [1.82, 2.24) is 0 Å². The molecule has 0 aliphatic carbocycles. The zero-order valence-electron chi connectivity index (χ0n) is 13.2. The Kier molecular flexibility index (Phi) is 11.9. The third-order valence-corrected chi connectivity index (χ3v) is 3.74. The first-order chi connectivity index (χ1) is 9.67. The fraction of sp³-hybridized carbons (Fsp3) is 0.706. The van der Waals surface area contributed by atoms with Crippen molar-refractivity contribution in [3.05, 3.63) is 30.6 Å². The molecule has 2 N–H and O–H groups in total. The van der Waals surface area contributed by atoms with Crippen molar-refractivity contribution < 1.29 is 31.8 Å². The number of aromatic nitrogens is 1. The number of pyridine rings is 1. The second-order valence-electron chi connectivity index (χ2n) is 5.64. The van der Waals surface area contributed by atoms with E-state index in [0.717, 1.165) is 12.8 Å². The van der Waals surface area contributed by atoms with Crippen LogP contribution in [0, 0.1) is 0 Å². The molecular formula is C17H30BrNO2. The normalized spacial score (nSPS) is 11.2. The Labute approximate surface area is 139 Å². The van der Waals surface area contributed by atoms with Crippen molar-refractivity contribution in [3.63, 3.8) is 0 Å². The van der Waals surface area contributed by atoms with E-state index >= 15 is 0 Å². The Balaban J connectivity index is 0.00000400. The molecule has 0 saturated carbocycles. The summed E-state index contributed by atoms with van der Waals surface area (Å²) in [5, 5.41) is 20.0. The molecule has 122 valence electrons. The molecule has 1 aromatic rings. The average molecular weight is 360 g/mol. The lowest BCUT2D eigenvalue weighted by molar-refractivity contribution is -0.853. The monoisotopic (exact) mass is 359 g/mol. The average Bonchev–Trinajstić information content (AvgIpc) is 2.46. The van der Waals surface area contributed by atoms with Gasteiger partial charge in [0.05, 0.1) is 6.42 Å². The molecule has 0 aliphatic rings. The van der Waals surface area contributed by atoms with Crippen LogP contribution in [0.3, 0.4) is 0 Å². The number of nitrogens with zero attached hydrogens (tertiary/aromatic N) is 1. The maximum absolute atomic E-state index is 10.0.